The topological polar surface area (TPSA) is 4.93 Å². The van der Waals surface area contributed by atoms with Crippen molar-refractivity contribution in [1.29, 1.82) is 0 Å². The van der Waals surface area contributed by atoms with E-state index in [9.17, 15) is 0 Å². The van der Waals surface area contributed by atoms with Crippen LogP contribution >= 0.6 is 0 Å². The predicted molar refractivity (Wildman–Crippen MR) is 92.0 cm³/mol. The van der Waals surface area contributed by atoms with Gasteiger partial charge in [0.1, 0.15) is 0 Å². The first-order valence-electron chi connectivity index (χ1n) is 7.71. The Morgan fingerprint density at radius 2 is 1.52 bits per heavy atom. The van der Waals surface area contributed by atoms with Crippen molar-refractivity contribution in [3.05, 3.63) is 60.7 Å². The van der Waals surface area contributed by atoms with Gasteiger partial charge in [0, 0.05) is 27.7 Å². The number of hydrogen-bond donors (Lipinski definition) is 0. The van der Waals surface area contributed by atoms with Gasteiger partial charge in [-0.05, 0) is 24.8 Å². The number of benzene rings is 3. The Labute approximate surface area is 124 Å². The molecule has 0 saturated carbocycles. The number of nitrogens with zero attached hydrogens (tertiary/aromatic N) is 1. The number of para-hydroxylation sites is 1. The molecule has 0 aliphatic heterocycles. The molecule has 4 aromatic rings. The molecule has 0 aliphatic carbocycles. The average Bonchev–Trinajstić information content (AvgIpc) is 2.89. The van der Waals surface area contributed by atoms with Crippen molar-refractivity contribution in [1.82, 2.24) is 4.57 Å². The molecule has 0 spiro atoms. The Morgan fingerprint density at radius 3 is 2.33 bits per heavy atom. The third-order valence-corrected chi connectivity index (χ3v) is 4.63. The molecule has 0 amide bonds. The zero-order valence-electron chi connectivity index (χ0n) is 12.5. The fraction of sp³-hybridized carbons (Fsp3) is 0.200. The van der Waals surface area contributed by atoms with Crippen LogP contribution in [-0.4, -0.2) is 4.57 Å². The molecule has 21 heavy (non-hydrogen) atoms. The van der Waals surface area contributed by atoms with E-state index in [0.29, 0.717) is 6.04 Å². The molecule has 1 aromatic heterocycles. The number of hydrogen-bond acceptors (Lipinski definition) is 0. The monoisotopic (exact) mass is 273 g/mol. The van der Waals surface area contributed by atoms with Crippen LogP contribution in [0.2, 0.25) is 0 Å². The summed E-state index contributed by atoms with van der Waals surface area (Å²) in [5.74, 6) is 0. The third kappa shape index (κ3) is 1.70. The van der Waals surface area contributed by atoms with Crippen LogP contribution in [0, 0.1) is 0 Å². The van der Waals surface area contributed by atoms with Crippen molar-refractivity contribution in [3.8, 4) is 0 Å². The van der Waals surface area contributed by atoms with Crippen molar-refractivity contribution in [2.45, 2.75) is 26.3 Å². The van der Waals surface area contributed by atoms with E-state index in [1.54, 1.807) is 0 Å². The molecule has 1 heteroatoms. The van der Waals surface area contributed by atoms with Gasteiger partial charge in [0.15, 0.2) is 0 Å². The zero-order valence-corrected chi connectivity index (χ0v) is 12.5. The van der Waals surface area contributed by atoms with E-state index in [1.165, 1.54) is 32.6 Å². The van der Waals surface area contributed by atoms with Crippen LogP contribution < -0.4 is 0 Å². The molecule has 0 fully saturated rings. The third-order valence-electron chi connectivity index (χ3n) is 4.63. The van der Waals surface area contributed by atoms with Crippen LogP contribution in [-0.2, 0) is 0 Å². The first-order chi connectivity index (χ1) is 10.3. The number of aromatic nitrogens is 1. The minimum absolute atomic E-state index is 0.498. The van der Waals surface area contributed by atoms with Gasteiger partial charge in [-0.15, -0.1) is 0 Å². The summed E-state index contributed by atoms with van der Waals surface area (Å²) < 4.78 is 2.52. The largest absolute Gasteiger partial charge is 0.337 e. The van der Waals surface area contributed by atoms with E-state index < -0.39 is 0 Å². The summed E-state index contributed by atoms with van der Waals surface area (Å²) in [6.07, 6.45) is 1.14. The number of fused-ring (bicyclic) bond motifs is 5. The molecule has 1 unspecified atom stereocenters. The first kappa shape index (κ1) is 12.5. The zero-order chi connectivity index (χ0) is 14.4. The smallest absolute Gasteiger partial charge is 0.0573 e. The van der Waals surface area contributed by atoms with Crippen molar-refractivity contribution >= 4 is 32.6 Å². The van der Waals surface area contributed by atoms with E-state index in [2.05, 4.69) is 79.1 Å². The maximum atomic E-state index is 2.52. The first-order valence-corrected chi connectivity index (χ1v) is 7.71. The van der Waals surface area contributed by atoms with Gasteiger partial charge < -0.3 is 4.57 Å². The molecule has 0 N–H and O–H groups in total. The Hall–Kier alpha value is -2.28. The van der Waals surface area contributed by atoms with Crippen molar-refractivity contribution in [3.63, 3.8) is 0 Å². The summed E-state index contributed by atoms with van der Waals surface area (Å²) in [4.78, 5) is 0. The minimum atomic E-state index is 0.498. The summed E-state index contributed by atoms with van der Waals surface area (Å²) in [5.41, 5.74) is 2.72. The molecule has 0 aliphatic rings. The summed E-state index contributed by atoms with van der Waals surface area (Å²) in [5, 5.41) is 5.40. The fourth-order valence-corrected chi connectivity index (χ4v) is 3.40. The normalized spacial score (nSPS) is 13.2. The van der Waals surface area contributed by atoms with E-state index >= 15 is 0 Å². The molecule has 4 rings (SSSR count). The molecular weight excluding hydrogens is 254 g/mol. The van der Waals surface area contributed by atoms with Gasteiger partial charge in [0.25, 0.3) is 0 Å². The van der Waals surface area contributed by atoms with Gasteiger partial charge in [-0.2, -0.15) is 0 Å². The lowest BCUT2D eigenvalue weighted by Gasteiger charge is -2.16. The summed E-state index contributed by atoms with van der Waals surface area (Å²) in [6, 6.07) is 22.5. The SMILES string of the molecule is CCC(C)n1c2ccccc2c2ccc3ccccc3c21. The highest BCUT2D eigenvalue weighted by Crippen LogP contribution is 2.36. The highest BCUT2D eigenvalue weighted by molar-refractivity contribution is 6.17. The Morgan fingerprint density at radius 1 is 0.810 bits per heavy atom. The molecule has 0 radical (unpaired) electrons. The van der Waals surface area contributed by atoms with Crippen molar-refractivity contribution < 1.29 is 0 Å². The van der Waals surface area contributed by atoms with Crippen molar-refractivity contribution in [2.75, 3.05) is 0 Å². The van der Waals surface area contributed by atoms with Crippen LogP contribution in [0.25, 0.3) is 32.6 Å². The molecule has 0 bridgehead atoms. The van der Waals surface area contributed by atoms with Gasteiger partial charge in [-0.25, -0.2) is 0 Å². The lowest BCUT2D eigenvalue weighted by molar-refractivity contribution is 0.564. The standard InChI is InChI=1S/C20H19N/c1-3-14(2)21-19-11-7-6-10-17(19)18-13-12-15-8-4-5-9-16(15)20(18)21/h4-14H,3H2,1-2H3. The average molecular weight is 273 g/mol. The van der Waals surface area contributed by atoms with Gasteiger partial charge in [-0.3, -0.25) is 0 Å². The second-order valence-corrected chi connectivity index (χ2v) is 5.83. The quantitative estimate of drug-likeness (QED) is 0.427. The summed E-state index contributed by atoms with van der Waals surface area (Å²) in [7, 11) is 0. The Balaban J connectivity index is 2.31. The summed E-state index contributed by atoms with van der Waals surface area (Å²) >= 11 is 0. The molecule has 0 saturated heterocycles. The second kappa shape index (κ2) is 4.63. The number of rotatable bonds is 2. The maximum Gasteiger partial charge on any atom is 0.0573 e. The highest BCUT2D eigenvalue weighted by Gasteiger charge is 2.15. The fourth-order valence-electron chi connectivity index (χ4n) is 3.40. The predicted octanol–water partition coefficient (Wildman–Crippen LogP) is 5.92. The van der Waals surface area contributed by atoms with Gasteiger partial charge in [0.2, 0.25) is 0 Å². The van der Waals surface area contributed by atoms with E-state index in [1.807, 2.05) is 0 Å². The van der Waals surface area contributed by atoms with Gasteiger partial charge in [0.05, 0.1) is 5.52 Å². The van der Waals surface area contributed by atoms with Crippen LogP contribution in [0.4, 0.5) is 0 Å². The Bertz CT molecular complexity index is 946. The molecule has 1 heterocycles. The molecule has 1 nitrogen and oxygen atoms in total. The minimum Gasteiger partial charge on any atom is -0.337 e. The van der Waals surface area contributed by atoms with Crippen LogP contribution in [0.3, 0.4) is 0 Å². The molecular formula is C20H19N. The molecule has 3 aromatic carbocycles. The van der Waals surface area contributed by atoms with E-state index in [4.69, 9.17) is 0 Å². The summed E-state index contributed by atoms with van der Waals surface area (Å²) in [6.45, 7) is 4.57. The highest BCUT2D eigenvalue weighted by atomic mass is 15.0. The van der Waals surface area contributed by atoms with E-state index in [-0.39, 0.29) is 0 Å². The second-order valence-electron chi connectivity index (χ2n) is 5.83. The van der Waals surface area contributed by atoms with Crippen molar-refractivity contribution in [2.24, 2.45) is 0 Å². The van der Waals surface area contributed by atoms with Crippen LogP contribution in [0.5, 0.6) is 0 Å². The van der Waals surface area contributed by atoms with Gasteiger partial charge in [-0.1, -0.05) is 61.5 Å². The molecule has 104 valence electrons. The molecule has 1 atom stereocenters. The van der Waals surface area contributed by atoms with Crippen LogP contribution in [0.1, 0.15) is 26.3 Å². The maximum absolute atomic E-state index is 2.52. The van der Waals surface area contributed by atoms with E-state index in [0.717, 1.165) is 6.42 Å². The van der Waals surface area contributed by atoms with Crippen LogP contribution in [0.15, 0.2) is 60.7 Å². The lowest BCUT2D eigenvalue weighted by atomic mass is 10.1. The lowest BCUT2D eigenvalue weighted by Crippen LogP contribution is -2.03. The van der Waals surface area contributed by atoms with Gasteiger partial charge >= 0.3 is 0 Å². The Kier molecular flexibility index (Phi) is 2.75.